The van der Waals surface area contributed by atoms with Crippen molar-refractivity contribution < 1.29 is 13.6 Å². The highest BCUT2D eigenvalue weighted by molar-refractivity contribution is 5.78. The van der Waals surface area contributed by atoms with Gasteiger partial charge in [-0.3, -0.25) is 4.79 Å². The maximum absolute atomic E-state index is 13.4. The molecule has 0 aliphatic carbocycles. The zero-order valence-corrected chi connectivity index (χ0v) is 10.9. The molecule has 2 aromatic rings. The van der Waals surface area contributed by atoms with Gasteiger partial charge in [0.05, 0.1) is 6.42 Å². The first-order chi connectivity index (χ1) is 9.65. The van der Waals surface area contributed by atoms with Crippen LogP contribution in [0.4, 0.5) is 8.78 Å². The smallest absolute Gasteiger partial charge is 0.224 e. The fourth-order valence-electron chi connectivity index (χ4n) is 1.89. The van der Waals surface area contributed by atoms with E-state index < -0.39 is 11.6 Å². The third kappa shape index (κ3) is 4.16. The summed E-state index contributed by atoms with van der Waals surface area (Å²) in [6.07, 6.45) is 0.638. The van der Waals surface area contributed by atoms with Gasteiger partial charge in [-0.2, -0.15) is 0 Å². The largest absolute Gasteiger partial charge is 0.355 e. The minimum absolute atomic E-state index is 0.0824. The molecule has 1 N–H and O–H groups in total. The molecule has 0 heterocycles. The molecule has 0 saturated heterocycles. The topological polar surface area (TPSA) is 29.1 Å². The van der Waals surface area contributed by atoms with Gasteiger partial charge in [0.1, 0.15) is 11.6 Å². The number of nitrogens with one attached hydrogen (secondary N) is 1. The van der Waals surface area contributed by atoms with Crippen molar-refractivity contribution >= 4 is 5.91 Å². The predicted octanol–water partition coefficient (Wildman–Crippen LogP) is 2.87. The summed E-state index contributed by atoms with van der Waals surface area (Å²) in [5, 5.41) is 2.72. The van der Waals surface area contributed by atoms with Gasteiger partial charge in [-0.1, -0.05) is 36.4 Å². The summed E-state index contributed by atoms with van der Waals surface area (Å²) >= 11 is 0. The van der Waals surface area contributed by atoms with Crippen LogP contribution >= 0.6 is 0 Å². The van der Waals surface area contributed by atoms with Gasteiger partial charge < -0.3 is 5.32 Å². The Morgan fingerprint density at radius 1 is 1.05 bits per heavy atom. The lowest BCUT2D eigenvalue weighted by Crippen LogP contribution is -2.27. The molecule has 2 nitrogen and oxygen atoms in total. The lowest BCUT2D eigenvalue weighted by Gasteiger charge is -2.06. The second-order valence-electron chi connectivity index (χ2n) is 4.50. The van der Waals surface area contributed by atoms with Crippen molar-refractivity contribution in [1.82, 2.24) is 5.32 Å². The average Bonchev–Trinajstić information content (AvgIpc) is 2.43. The van der Waals surface area contributed by atoms with Crippen molar-refractivity contribution in [2.24, 2.45) is 0 Å². The van der Waals surface area contributed by atoms with Crippen molar-refractivity contribution in [3.8, 4) is 0 Å². The standard InChI is InChI=1S/C16H15F2NO/c17-14-7-6-13(15(18)11-14)10-16(20)19-9-8-12-4-2-1-3-5-12/h1-7,11H,8-10H2,(H,19,20). The van der Waals surface area contributed by atoms with E-state index in [2.05, 4.69) is 5.32 Å². The molecule has 20 heavy (non-hydrogen) atoms. The minimum Gasteiger partial charge on any atom is -0.355 e. The highest BCUT2D eigenvalue weighted by Crippen LogP contribution is 2.10. The molecule has 0 unspecified atom stereocenters. The molecular formula is C16H15F2NO. The summed E-state index contributed by atoms with van der Waals surface area (Å²) < 4.78 is 26.1. The SMILES string of the molecule is O=C(Cc1ccc(F)cc1F)NCCc1ccccc1. The van der Waals surface area contributed by atoms with Crippen LogP contribution in [0.25, 0.3) is 0 Å². The molecule has 104 valence electrons. The first-order valence-corrected chi connectivity index (χ1v) is 6.40. The van der Waals surface area contributed by atoms with Gasteiger partial charge in [0.25, 0.3) is 0 Å². The van der Waals surface area contributed by atoms with Crippen molar-refractivity contribution in [3.63, 3.8) is 0 Å². The molecule has 2 aromatic carbocycles. The van der Waals surface area contributed by atoms with Gasteiger partial charge in [-0.05, 0) is 23.6 Å². The Labute approximate surface area is 116 Å². The van der Waals surface area contributed by atoms with Crippen LogP contribution in [0.5, 0.6) is 0 Å². The molecule has 0 atom stereocenters. The number of benzene rings is 2. The monoisotopic (exact) mass is 275 g/mol. The van der Waals surface area contributed by atoms with Gasteiger partial charge in [0.15, 0.2) is 0 Å². The maximum Gasteiger partial charge on any atom is 0.224 e. The molecule has 2 rings (SSSR count). The lowest BCUT2D eigenvalue weighted by molar-refractivity contribution is -0.120. The van der Waals surface area contributed by atoms with Crippen LogP contribution in [0.2, 0.25) is 0 Å². The quantitative estimate of drug-likeness (QED) is 0.893. The third-order valence-corrected chi connectivity index (χ3v) is 2.94. The minimum atomic E-state index is -0.691. The van der Waals surface area contributed by atoms with E-state index in [1.807, 2.05) is 30.3 Å². The Balaban J connectivity index is 1.81. The molecule has 4 heteroatoms. The first kappa shape index (κ1) is 14.2. The van der Waals surface area contributed by atoms with Crippen LogP contribution in [-0.2, 0) is 17.6 Å². The van der Waals surface area contributed by atoms with E-state index in [9.17, 15) is 13.6 Å². The number of carbonyl (C=O) groups excluding carboxylic acids is 1. The normalized spacial score (nSPS) is 10.3. The van der Waals surface area contributed by atoms with Crippen molar-refractivity contribution in [1.29, 1.82) is 0 Å². The Hall–Kier alpha value is -2.23. The van der Waals surface area contributed by atoms with E-state index in [0.717, 1.165) is 24.1 Å². The molecule has 0 aromatic heterocycles. The van der Waals surface area contributed by atoms with Gasteiger partial charge in [-0.15, -0.1) is 0 Å². The number of hydrogen-bond donors (Lipinski definition) is 1. The summed E-state index contributed by atoms with van der Waals surface area (Å²) in [6.45, 7) is 0.492. The third-order valence-electron chi connectivity index (χ3n) is 2.94. The lowest BCUT2D eigenvalue weighted by atomic mass is 10.1. The van der Waals surface area contributed by atoms with Crippen LogP contribution in [0.1, 0.15) is 11.1 Å². The predicted molar refractivity (Wildman–Crippen MR) is 73.2 cm³/mol. The highest BCUT2D eigenvalue weighted by atomic mass is 19.1. The molecule has 0 saturated carbocycles. The Morgan fingerprint density at radius 2 is 1.80 bits per heavy atom. The zero-order chi connectivity index (χ0) is 14.4. The maximum atomic E-state index is 13.4. The molecule has 0 aliphatic rings. The van der Waals surface area contributed by atoms with Crippen LogP contribution in [0.15, 0.2) is 48.5 Å². The first-order valence-electron chi connectivity index (χ1n) is 6.40. The van der Waals surface area contributed by atoms with Gasteiger partial charge in [0, 0.05) is 12.6 Å². The van der Waals surface area contributed by atoms with E-state index in [1.54, 1.807) is 0 Å². The van der Waals surface area contributed by atoms with Crippen LogP contribution < -0.4 is 5.32 Å². The summed E-state index contributed by atoms with van der Waals surface area (Å²) in [5.74, 6) is -1.61. The van der Waals surface area contributed by atoms with E-state index >= 15 is 0 Å². The molecule has 0 bridgehead atoms. The van der Waals surface area contributed by atoms with E-state index in [4.69, 9.17) is 0 Å². The molecule has 1 amide bonds. The number of halogens is 2. The number of carbonyl (C=O) groups is 1. The van der Waals surface area contributed by atoms with E-state index in [0.29, 0.717) is 6.54 Å². The van der Waals surface area contributed by atoms with Crippen molar-refractivity contribution in [2.75, 3.05) is 6.54 Å². The Kier molecular flexibility index (Phi) is 4.82. The summed E-state index contributed by atoms with van der Waals surface area (Å²) in [7, 11) is 0. The van der Waals surface area contributed by atoms with Crippen LogP contribution in [0, 0.1) is 11.6 Å². The van der Waals surface area contributed by atoms with Gasteiger partial charge in [-0.25, -0.2) is 8.78 Å². The van der Waals surface area contributed by atoms with Crippen molar-refractivity contribution in [2.45, 2.75) is 12.8 Å². The zero-order valence-electron chi connectivity index (χ0n) is 10.9. The number of amides is 1. The van der Waals surface area contributed by atoms with E-state index in [1.165, 1.54) is 6.07 Å². The molecule has 0 aliphatic heterocycles. The van der Waals surface area contributed by atoms with Gasteiger partial charge in [0.2, 0.25) is 5.91 Å². The molecular weight excluding hydrogens is 260 g/mol. The summed E-state index contributed by atoms with van der Waals surface area (Å²) in [4.78, 5) is 11.7. The Bertz CT molecular complexity index is 584. The van der Waals surface area contributed by atoms with Crippen LogP contribution in [0.3, 0.4) is 0 Å². The highest BCUT2D eigenvalue weighted by Gasteiger charge is 2.08. The number of hydrogen-bond acceptors (Lipinski definition) is 1. The second-order valence-corrected chi connectivity index (χ2v) is 4.50. The second kappa shape index (κ2) is 6.80. The van der Waals surface area contributed by atoms with E-state index in [-0.39, 0.29) is 17.9 Å². The fourth-order valence-corrected chi connectivity index (χ4v) is 1.89. The Morgan fingerprint density at radius 3 is 2.50 bits per heavy atom. The average molecular weight is 275 g/mol. The van der Waals surface area contributed by atoms with Crippen molar-refractivity contribution in [3.05, 3.63) is 71.3 Å². The summed E-state index contributed by atoms with van der Waals surface area (Å²) in [5.41, 5.74) is 1.32. The van der Waals surface area contributed by atoms with Crippen LogP contribution in [-0.4, -0.2) is 12.5 Å². The van der Waals surface area contributed by atoms with Gasteiger partial charge >= 0.3 is 0 Å². The number of rotatable bonds is 5. The summed E-state index contributed by atoms with van der Waals surface area (Å²) in [6, 6.07) is 13.0. The molecule has 0 radical (unpaired) electrons. The fraction of sp³-hybridized carbons (Fsp3) is 0.188. The molecule has 0 fully saturated rings. The molecule has 0 spiro atoms.